The van der Waals surface area contributed by atoms with Crippen LogP contribution in [-0.2, 0) is 4.74 Å². The molecule has 1 N–H and O–H groups in total. The van der Waals surface area contributed by atoms with Crippen LogP contribution in [-0.4, -0.2) is 57.9 Å². The fourth-order valence-corrected chi connectivity index (χ4v) is 3.86. The zero-order valence-electron chi connectivity index (χ0n) is 13.9. The average Bonchev–Trinajstić information content (AvgIpc) is 3.03. The second-order valence-corrected chi connectivity index (χ2v) is 6.63. The maximum absolute atomic E-state index is 6.20. The molecule has 128 valence electrons. The zero-order valence-corrected chi connectivity index (χ0v) is 13.9. The van der Waals surface area contributed by atoms with Crippen molar-refractivity contribution in [2.75, 3.05) is 32.1 Å². The number of methoxy groups -OCH3 is 1. The number of pyridine rings is 1. The maximum Gasteiger partial charge on any atom is 0.307 e. The van der Waals surface area contributed by atoms with Crippen LogP contribution in [0.2, 0.25) is 0 Å². The molecule has 3 saturated heterocycles. The van der Waals surface area contributed by atoms with Crippen LogP contribution >= 0.6 is 0 Å². The molecule has 2 aromatic rings. The van der Waals surface area contributed by atoms with Crippen LogP contribution in [0.25, 0.3) is 5.65 Å². The van der Waals surface area contributed by atoms with Crippen molar-refractivity contribution in [1.29, 1.82) is 0 Å². The summed E-state index contributed by atoms with van der Waals surface area (Å²) in [5.41, 5.74) is 0.256. The van der Waals surface area contributed by atoms with Crippen molar-refractivity contribution in [3.8, 4) is 17.7 Å². The van der Waals surface area contributed by atoms with Gasteiger partial charge < -0.3 is 9.47 Å². The lowest BCUT2D eigenvalue weighted by Gasteiger charge is -2.50. The van der Waals surface area contributed by atoms with Crippen LogP contribution in [0.3, 0.4) is 0 Å². The number of nitrogens with one attached hydrogen (secondary N) is 1. The van der Waals surface area contributed by atoms with Gasteiger partial charge in [0, 0.05) is 12.0 Å². The fraction of sp³-hybridized carbons (Fsp3) is 0.471. The third-order valence-corrected chi connectivity index (χ3v) is 5.17. The minimum atomic E-state index is -0.455. The van der Waals surface area contributed by atoms with E-state index in [0.29, 0.717) is 29.3 Å². The molecule has 2 aromatic heterocycles. The summed E-state index contributed by atoms with van der Waals surface area (Å²) in [6.07, 6.45) is 4.01. The van der Waals surface area contributed by atoms with Crippen LogP contribution in [0.4, 0.5) is 5.95 Å². The molecular formula is C17H18N6O2. The molecule has 6 rings (SSSR count). The van der Waals surface area contributed by atoms with Crippen molar-refractivity contribution < 1.29 is 9.47 Å². The first-order valence-electron chi connectivity index (χ1n) is 8.43. The van der Waals surface area contributed by atoms with Gasteiger partial charge in [0.1, 0.15) is 5.75 Å². The maximum atomic E-state index is 6.20. The molecule has 25 heavy (non-hydrogen) atoms. The van der Waals surface area contributed by atoms with Crippen molar-refractivity contribution in [1.82, 2.24) is 19.5 Å². The molecule has 6 heterocycles. The second-order valence-electron chi connectivity index (χ2n) is 6.63. The first-order chi connectivity index (χ1) is 12.2. The molecule has 0 amide bonds. The van der Waals surface area contributed by atoms with E-state index in [1.54, 1.807) is 17.8 Å². The van der Waals surface area contributed by atoms with Crippen LogP contribution in [0.5, 0.6) is 5.75 Å². The van der Waals surface area contributed by atoms with Gasteiger partial charge in [-0.25, -0.2) is 4.52 Å². The molecule has 3 fully saturated rings. The Morgan fingerprint density at radius 2 is 2.24 bits per heavy atom. The molecule has 0 unspecified atom stereocenters. The standard InChI is InChI=1S/C17H18N6O2/c1-24-13-2-3-14-19-15(21-23(14)10-13)20-16-18-7-6-17(25-16)11-22-8-4-12(17)5-9-22/h2-3,10,12H,4-5,8-9,11H2,1H3,(H,18,20,21)/t17-/m0/s1. The van der Waals surface area contributed by atoms with Gasteiger partial charge in [-0.15, -0.1) is 10.1 Å². The molecule has 0 saturated carbocycles. The second kappa shape index (κ2) is 5.36. The number of hydrogen-bond donors (Lipinski definition) is 1. The number of aliphatic imine (C=N–C) groups is 1. The highest BCUT2D eigenvalue weighted by atomic mass is 16.5. The van der Waals surface area contributed by atoms with Gasteiger partial charge >= 0.3 is 6.02 Å². The number of anilines is 1. The Kier molecular flexibility index (Phi) is 3.12. The molecule has 1 spiro atoms. The van der Waals surface area contributed by atoms with Crippen LogP contribution in [0.15, 0.2) is 23.3 Å². The molecule has 2 bridgehead atoms. The Bertz CT molecular complexity index is 918. The van der Waals surface area contributed by atoms with E-state index in [9.17, 15) is 0 Å². The Hall–Kier alpha value is -2.79. The summed E-state index contributed by atoms with van der Waals surface area (Å²) in [5, 5.41) is 7.45. The third kappa shape index (κ3) is 2.39. The average molecular weight is 338 g/mol. The molecule has 8 nitrogen and oxygen atoms in total. The summed E-state index contributed by atoms with van der Waals surface area (Å²) in [6.45, 7) is 3.10. The number of amidine groups is 1. The van der Waals surface area contributed by atoms with Crippen LogP contribution in [0, 0.1) is 17.9 Å². The van der Waals surface area contributed by atoms with Crippen LogP contribution < -0.4 is 10.1 Å². The van der Waals surface area contributed by atoms with Crippen molar-refractivity contribution in [2.45, 2.75) is 18.4 Å². The van der Waals surface area contributed by atoms with Gasteiger partial charge in [0.05, 0.1) is 19.9 Å². The Balaban J connectivity index is 1.38. The molecule has 0 radical (unpaired) electrons. The summed E-state index contributed by atoms with van der Waals surface area (Å²) in [5.74, 6) is 4.81. The predicted octanol–water partition coefficient (Wildman–Crippen LogP) is 0.961. The Morgan fingerprint density at radius 3 is 3.00 bits per heavy atom. The highest BCUT2D eigenvalue weighted by Crippen LogP contribution is 2.38. The smallest absolute Gasteiger partial charge is 0.307 e. The molecular weight excluding hydrogens is 320 g/mol. The Labute approximate surface area is 144 Å². The van der Waals surface area contributed by atoms with Gasteiger partial charge in [-0.1, -0.05) is 0 Å². The van der Waals surface area contributed by atoms with E-state index in [2.05, 4.69) is 37.3 Å². The van der Waals surface area contributed by atoms with Gasteiger partial charge in [0.25, 0.3) is 5.95 Å². The van der Waals surface area contributed by atoms with Gasteiger partial charge in [0.2, 0.25) is 0 Å². The molecule has 4 aliphatic heterocycles. The van der Waals surface area contributed by atoms with Gasteiger partial charge in [-0.3, -0.25) is 10.2 Å². The van der Waals surface area contributed by atoms with E-state index in [-0.39, 0.29) is 0 Å². The van der Waals surface area contributed by atoms with Gasteiger partial charge in [0.15, 0.2) is 11.2 Å². The van der Waals surface area contributed by atoms with Crippen molar-refractivity contribution in [3.05, 3.63) is 18.3 Å². The van der Waals surface area contributed by atoms with Crippen LogP contribution in [0.1, 0.15) is 12.8 Å². The minimum Gasteiger partial charge on any atom is -0.495 e. The predicted molar refractivity (Wildman–Crippen MR) is 91.4 cm³/mol. The SMILES string of the molecule is COc1ccc2nc(NC3=NC#C[C@@]4(CN5CCC4CC5)O3)nn2c1. The molecule has 1 atom stereocenters. The highest BCUT2D eigenvalue weighted by molar-refractivity contribution is 5.89. The lowest BCUT2D eigenvalue weighted by molar-refractivity contribution is -0.0630. The molecule has 0 aromatic carbocycles. The number of aromatic nitrogens is 3. The number of nitrogens with zero attached hydrogens (tertiary/aromatic N) is 5. The quantitative estimate of drug-likeness (QED) is 0.822. The Morgan fingerprint density at radius 1 is 1.36 bits per heavy atom. The van der Waals surface area contributed by atoms with E-state index in [1.165, 1.54) is 0 Å². The van der Waals surface area contributed by atoms with Crippen molar-refractivity contribution >= 4 is 17.6 Å². The molecule has 8 heteroatoms. The topological polar surface area (TPSA) is 76.3 Å². The summed E-state index contributed by atoms with van der Waals surface area (Å²) in [7, 11) is 1.62. The summed E-state index contributed by atoms with van der Waals surface area (Å²) < 4.78 is 13.1. The number of ether oxygens (including phenoxy) is 2. The normalized spacial score (nSPS) is 29.7. The summed E-state index contributed by atoms with van der Waals surface area (Å²) in [6, 6.07) is 6.95. The van der Waals surface area contributed by atoms with E-state index in [1.807, 2.05) is 12.1 Å². The van der Waals surface area contributed by atoms with E-state index >= 15 is 0 Å². The fourth-order valence-electron chi connectivity index (χ4n) is 3.86. The van der Waals surface area contributed by atoms with Crippen molar-refractivity contribution in [3.63, 3.8) is 0 Å². The monoisotopic (exact) mass is 338 g/mol. The summed E-state index contributed by atoms with van der Waals surface area (Å²) >= 11 is 0. The minimum absolute atomic E-state index is 0.371. The van der Waals surface area contributed by atoms with E-state index < -0.39 is 5.60 Å². The molecule has 0 aliphatic carbocycles. The largest absolute Gasteiger partial charge is 0.495 e. The third-order valence-electron chi connectivity index (χ3n) is 5.17. The lowest BCUT2D eigenvalue weighted by Crippen LogP contribution is -2.61. The van der Waals surface area contributed by atoms with Gasteiger partial charge in [-0.05, 0) is 44.0 Å². The number of hydrogen-bond acceptors (Lipinski definition) is 7. The zero-order chi connectivity index (χ0) is 16.9. The first kappa shape index (κ1) is 14.5. The van der Waals surface area contributed by atoms with Gasteiger partial charge in [-0.2, -0.15) is 4.98 Å². The highest BCUT2D eigenvalue weighted by Gasteiger charge is 2.49. The lowest BCUT2D eigenvalue weighted by atomic mass is 9.75. The van der Waals surface area contributed by atoms with E-state index in [4.69, 9.17) is 9.47 Å². The van der Waals surface area contributed by atoms with E-state index in [0.717, 1.165) is 32.5 Å². The number of fused-ring (bicyclic) bond motifs is 3. The molecule has 4 aliphatic rings. The number of piperidine rings is 3. The van der Waals surface area contributed by atoms with Crippen molar-refractivity contribution in [2.24, 2.45) is 10.9 Å². The summed E-state index contributed by atoms with van der Waals surface area (Å²) in [4.78, 5) is 11.0. The number of rotatable bonds is 2. The first-order valence-corrected chi connectivity index (χ1v) is 8.43.